The van der Waals surface area contributed by atoms with Crippen LogP contribution >= 0.6 is 0 Å². The molecule has 1 saturated carbocycles. The number of nitrogens with one attached hydrogen (secondary N) is 1. The summed E-state index contributed by atoms with van der Waals surface area (Å²) >= 11 is 0. The zero-order valence-corrected chi connectivity index (χ0v) is 21.1. The Hall–Kier alpha value is -3.46. The Morgan fingerprint density at radius 3 is 2.20 bits per heavy atom. The first-order chi connectivity index (χ1) is 18.8. The van der Waals surface area contributed by atoms with Crippen LogP contribution < -0.4 is 10.2 Å². The number of nitro groups is 1. The van der Waals surface area contributed by atoms with E-state index >= 15 is 0 Å². The molecule has 1 saturated heterocycles. The Balaban J connectivity index is 1.26. The highest BCUT2D eigenvalue weighted by atomic mass is 19.4. The number of nitro benzene ring substituents is 1. The molecule has 1 atom stereocenters. The number of piperazine rings is 1. The number of aldehydes is 1. The summed E-state index contributed by atoms with van der Waals surface area (Å²) in [5.74, 6) is 0.414. The molecule has 1 aromatic heterocycles. The topological polar surface area (TPSA) is 101 Å². The van der Waals surface area contributed by atoms with E-state index in [4.69, 9.17) is 4.74 Å². The molecule has 2 aliphatic rings. The zero-order chi connectivity index (χ0) is 29.1. The van der Waals surface area contributed by atoms with E-state index in [1.54, 1.807) is 0 Å². The SMILES string of the molecule is O=CC(OC1CCC(Nc2ccc([N+](=O)[O-])c(C(F)(F)F)c2)CC1)N1CCN(c2ccc(C(F)(F)F)cn2)CC1. The average molecular weight is 576 g/mol. The predicted octanol–water partition coefficient (Wildman–Crippen LogP) is 5.11. The quantitative estimate of drug-likeness (QED) is 0.201. The van der Waals surface area contributed by atoms with Crippen molar-refractivity contribution >= 4 is 23.5 Å². The third-order valence-corrected chi connectivity index (χ3v) is 7.07. The van der Waals surface area contributed by atoms with Gasteiger partial charge in [0.1, 0.15) is 11.4 Å². The predicted molar refractivity (Wildman–Crippen MR) is 132 cm³/mol. The minimum Gasteiger partial charge on any atom is -0.382 e. The second-order valence-corrected chi connectivity index (χ2v) is 9.69. The van der Waals surface area contributed by atoms with Crippen molar-refractivity contribution in [3.63, 3.8) is 0 Å². The number of nitrogens with zero attached hydrogens (tertiary/aromatic N) is 4. The summed E-state index contributed by atoms with van der Waals surface area (Å²) < 4.78 is 84.1. The number of carbonyl (C=O) groups is 1. The number of aromatic nitrogens is 1. The van der Waals surface area contributed by atoms with Crippen LogP contribution in [-0.4, -0.2) is 65.6 Å². The maximum Gasteiger partial charge on any atom is 0.423 e. The van der Waals surface area contributed by atoms with Gasteiger partial charge in [0.05, 0.1) is 16.6 Å². The molecule has 1 aliphatic heterocycles. The van der Waals surface area contributed by atoms with Crippen molar-refractivity contribution in [2.75, 3.05) is 36.4 Å². The third-order valence-electron chi connectivity index (χ3n) is 7.07. The van der Waals surface area contributed by atoms with Crippen LogP contribution in [0.3, 0.4) is 0 Å². The molecule has 2 fully saturated rings. The molecule has 9 nitrogen and oxygen atoms in total. The lowest BCUT2D eigenvalue weighted by atomic mass is 9.92. The normalized spacial score (nSPS) is 21.6. The van der Waals surface area contributed by atoms with Gasteiger partial charge in [-0.15, -0.1) is 0 Å². The highest BCUT2D eigenvalue weighted by molar-refractivity contribution is 5.56. The van der Waals surface area contributed by atoms with Crippen molar-refractivity contribution in [2.45, 2.75) is 56.4 Å². The number of carbonyl (C=O) groups excluding carboxylic acids is 1. The van der Waals surface area contributed by atoms with Crippen molar-refractivity contribution in [1.29, 1.82) is 0 Å². The number of rotatable bonds is 8. The lowest BCUT2D eigenvalue weighted by molar-refractivity contribution is -0.388. The molecule has 1 aliphatic carbocycles. The fraction of sp³-hybridized carbons (Fsp3) is 0.520. The van der Waals surface area contributed by atoms with Gasteiger partial charge in [-0.3, -0.25) is 19.8 Å². The standard InChI is InChI=1S/C25H27F6N5O4/c26-24(27,28)16-1-8-22(32-14-16)34-9-11-35(12-10-34)23(15-37)40-19-5-2-17(3-6-19)33-18-4-7-21(36(38)39)20(13-18)25(29,30)31/h1,4,7-8,13-15,17,19,23,33H,2-3,5-6,9-12H2. The molecule has 0 amide bonds. The van der Waals surface area contributed by atoms with Crippen molar-refractivity contribution in [1.82, 2.24) is 9.88 Å². The summed E-state index contributed by atoms with van der Waals surface area (Å²) in [4.78, 5) is 29.3. The van der Waals surface area contributed by atoms with Crippen molar-refractivity contribution in [3.05, 3.63) is 57.8 Å². The summed E-state index contributed by atoms with van der Waals surface area (Å²) in [7, 11) is 0. The summed E-state index contributed by atoms with van der Waals surface area (Å²) in [6.07, 6.45) is -6.67. The van der Waals surface area contributed by atoms with Gasteiger partial charge in [-0.2, -0.15) is 26.3 Å². The first-order valence-electron chi connectivity index (χ1n) is 12.6. The number of ether oxygens (including phenoxy) is 1. The van der Waals surface area contributed by atoms with E-state index in [-0.39, 0.29) is 17.8 Å². The lowest BCUT2D eigenvalue weighted by Gasteiger charge is -2.39. The number of alkyl halides is 6. The maximum atomic E-state index is 13.3. The number of hydrogen-bond acceptors (Lipinski definition) is 8. The molecular formula is C25H27F6N5O4. The third kappa shape index (κ3) is 7.18. The molecule has 2 aromatic rings. The van der Waals surface area contributed by atoms with Gasteiger partial charge in [0.2, 0.25) is 0 Å². The van der Waals surface area contributed by atoms with E-state index in [1.165, 1.54) is 12.1 Å². The molecule has 0 spiro atoms. The summed E-state index contributed by atoms with van der Waals surface area (Å²) in [5.41, 5.74) is -3.02. The van der Waals surface area contributed by atoms with Gasteiger partial charge in [0, 0.05) is 50.2 Å². The molecule has 1 N–H and O–H groups in total. The smallest absolute Gasteiger partial charge is 0.382 e. The van der Waals surface area contributed by atoms with Crippen LogP contribution in [0, 0.1) is 10.1 Å². The summed E-state index contributed by atoms with van der Waals surface area (Å²) in [5, 5.41) is 14.0. The average Bonchev–Trinajstić information content (AvgIpc) is 2.92. The Morgan fingerprint density at radius 2 is 1.68 bits per heavy atom. The molecular weight excluding hydrogens is 548 g/mol. The number of hydrogen-bond donors (Lipinski definition) is 1. The fourth-order valence-corrected chi connectivity index (χ4v) is 4.94. The van der Waals surface area contributed by atoms with E-state index < -0.39 is 40.3 Å². The van der Waals surface area contributed by atoms with E-state index in [2.05, 4.69) is 10.3 Å². The van der Waals surface area contributed by atoms with E-state index in [0.717, 1.165) is 24.4 Å². The lowest BCUT2D eigenvalue weighted by Crippen LogP contribution is -2.53. The summed E-state index contributed by atoms with van der Waals surface area (Å²) in [6, 6.07) is 4.95. The van der Waals surface area contributed by atoms with E-state index in [1.807, 2.05) is 9.80 Å². The van der Waals surface area contributed by atoms with Gasteiger partial charge in [-0.05, 0) is 49.9 Å². The van der Waals surface area contributed by atoms with Crippen LogP contribution in [0.4, 0.5) is 43.5 Å². The first kappa shape index (κ1) is 29.5. The Labute approximate surface area is 225 Å². The van der Waals surface area contributed by atoms with Gasteiger partial charge in [-0.25, -0.2) is 4.98 Å². The van der Waals surface area contributed by atoms with E-state index in [9.17, 15) is 41.3 Å². The molecule has 1 unspecified atom stereocenters. The number of benzene rings is 1. The second kappa shape index (κ2) is 12.0. The van der Waals surface area contributed by atoms with Crippen molar-refractivity contribution < 1.29 is 40.8 Å². The van der Waals surface area contributed by atoms with Gasteiger partial charge >= 0.3 is 12.4 Å². The number of halogens is 6. The van der Waals surface area contributed by atoms with Crippen molar-refractivity contribution in [2.24, 2.45) is 0 Å². The van der Waals surface area contributed by atoms with Crippen LogP contribution in [0.1, 0.15) is 36.8 Å². The minimum absolute atomic E-state index is 0.133. The van der Waals surface area contributed by atoms with Gasteiger partial charge in [-0.1, -0.05) is 0 Å². The minimum atomic E-state index is -4.87. The Morgan fingerprint density at radius 1 is 1.00 bits per heavy atom. The zero-order valence-electron chi connectivity index (χ0n) is 21.1. The molecule has 0 radical (unpaired) electrons. The van der Waals surface area contributed by atoms with Crippen LogP contribution in [-0.2, 0) is 21.9 Å². The first-order valence-corrected chi connectivity index (χ1v) is 12.6. The Kier molecular flexibility index (Phi) is 8.83. The van der Waals surface area contributed by atoms with Gasteiger partial charge < -0.3 is 15.0 Å². The van der Waals surface area contributed by atoms with Crippen LogP contribution in [0.2, 0.25) is 0 Å². The summed E-state index contributed by atoms with van der Waals surface area (Å²) in [6.45, 7) is 1.76. The Bertz CT molecular complexity index is 1180. The second-order valence-electron chi connectivity index (χ2n) is 9.69. The molecule has 2 heterocycles. The van der Waals surface area contributed by atoms with Crippen LogP contribution in [0.15, 0.2) is 36.5 Å². The number of pyridine rings is 1. The maximum absolute atomic E-state index is 13.3. The number of anilines is 2. The van der Waals surface area contributed by atoms with Crippen LogP contribution in [0.25, 0.3) is 0 Å². The molecule has 40 heavy (non-hydrogen) atoms. The van der Waals surface area contributed by atoms with E-state index in [0.29, 0.717) is 64.0 Å². The largest absolute Gasteiger partial charge is 0.423 e. The van der Waals surface area contributed by atoms with Gasteiger partial charge in [0.25, 0.3) is 5.69 Å². The molecule has 1 aromatic carbocycles. The van der Waals surface area contributed by atoms with Crippen molar-refractivity contribution in [3.8, 4) is 0 Å². The van der Waals surface area contributed by atoms with Crippen LogP contribution in [0.5, 0.6) is 0 Å². The monoisotopic (exact) mass is 575 g/mol. The highest BCUT2D eigenvalue weighted by Gasteiger charge is 2.39. The molecule has 4 rings (SSSR count). The molecule has 0 bridgehead atoms. The fourth-order valence-electron chi connectivity index (χ4n) is 4.94. The molecule has 15 heteroatoms. The molecule has 218 valence electrons. The van der Waals surface area contributed by atoms with Gasteiger partial charge in [0.15, 0.2) is 12.5 Å². The highest BCUT2D eigenvalue weighted by Crippen LogP contribution is 2.38.